The molecule has 6 heteroatoms. The first-order chi connectivity index (χ1) is 12.7. The summed E-state index contributed by atoms with van der Waals surface area (Å²) < 4.78 is 7.24. The normalized spacial score (nSPS) is 11.1. The zero-order valence-corrected chi connectivity index (χ0v) is 14.5. The van der Waals surface area contributed by atoms with Crippen molar-refractivity contribution in [1.29, 1.82) is 0 Å². The Kier molecular flexibility index (Phi) is 4.31. The third-order valence-corrected chi connectivity index (χ3v) is 4.47. The number of amides is 1. The van der Waals surface area contributed by atoms with Crippen molar-refractivity contribution in [1.82, 2.24) is 19.9 Å². The van der Waals surface area contributed by atoms with Gasteiger partial charge in [-0.15, -0.1) is 0 Å². The zero-order valence-electron chi connectivity index (χ0n) is 14.5. The minimum absolute atomic E-state index is 0.0130. The van der Waals surface area contributed by atoms with Crippen molar-refractivity contribution in [2.24, 2.45) is 0 Å². The van der Waals surface area contributed by atoms with Crippen LogP contribution in [-0.4, -0.2) is 27.6 Å². The molecule has 0 atom stereocenters. The molecule has 4 aromatic rings. The average molecular weight is 348 g/mol. The molecular weight excluding hydrogens is 328 g/mol. The molecule has 0 saturated heterocycles. The molecule has 26 heavy (non-hydrogen) atoms. The van der Waals surface area contributed by atoms with Gasteiger partial charge in [0.15, 0.2) is 0 Å². The van der Waals surface area contributed by atoms with E-state index in [1.165, 1.54) is 0 Å². The number of rotatable bonds is 6. The van der Waals surface area contributed by atoms with Crippen LogP contribution >= 0.6 is 0 Å². The van der Waals surface area contributed by atoms with Crippen LogP contribution in [0.15, 0.2) is 54.9 Å². The summed E-state index contributed by atoms with van der Waals surface area (Å²) >= 11 is 0. The Morgan fingerprint density at radius 3 is 3.00 bits per heavy atom. The Bertz CT molecular complexity index is 1060. The van der Waals surface area contributed by atoms with Gasteiger partial charge in [-0.25, -0.2) is 4.98 Å². The number of benzene rings is 2. The van der Waals surface area contributed by atoms with Crippen LogP contribution in [0.25, 0.3) is 21.9 Å². The number of methoxy groups -OCH3 is 1. The molecule has 0 aliphatic carbocycles. The quantitative estimate of drug-likeness (QED) is 0.562. The molecule has 0 radical (unpaired) electrons. The van der Waals surface area contributed by atoms with E-state index in [-0.39, 0.29) is 5.91 Å². The number of ether oxygens (including phenoxy) is 1. The second-order valence-electron chi connectivity index (χ2n) is 6.20. The Labute approximate surface area is 150 Å². The van der Waals surface area contributed by atoms with Gasteiger partial charge in [0.25, 0.3) is 0 Å². The highest BCUT2D eigenvalue weighted by molar-refractivity contribution is 5.82. The van der Waals surface area contributed by atoms with Crippen LogP contribution in [0.3, 0.4) is 0 Å². The molecule has 0 aliphatic heterocycles. The summed E-state index contributed by atoms with van der Waals surface area (Å²) in [6.45, 7) is 1.08. The number of aromatic nitrogens is 3. The number of carbonyl (C=O) groups excluding carboxylic acids is 1. The lowest BCUT2D eigenvalue weighted by Crippen LogP contribution is -2.24. The van der Waals surface area contributed by atoms with Crippen LogP contribution < -0.4 is 10.1 Å². The zero-order chi connectivity index (χ0) is 17.9. The highest BCUT2D eigenvalue weighted by Crippen LogP contribution is 2.21. The minimum atomic E-state index is 0.0130. The van der Waals surface area contributed by atoms with Crippen molar-refractivity contribution >= 4 is 27.8 Å². The standard InChI is InChI=1S/C20H20N4O2/c1-26-16-6-7-17-14(11-16)10-15(23-17)12-21-20(25)8-9-24-13-22-18-4-2-3-5-19(18)24/h2-7,10-11,13,23H,8-9,12H2,1H3,(H,21,25). The number of carbonyl (C=O) groups is 1. The smallest absolute Gasteiger partial charge is 0.222 e. The van der Waals surface area contributed by atoms with E-state index in [0.29, 0.717) is 19.5 Å². The van der Waals surface area contributed by atoms with Gasteiger partial charge in [0.05, 0.1) is 31.0 Å². The number of nitrogens with one attached hydrogen (secondary N) is 2. The predicted octanol–water partition coefficient (Wildman–Crippen LogP) is 3.23. The van der Waals surface area contributed by atoms with Crippen molar-refractivity contribution in [3.63, 3.8) is 0 Å². The highest BCUT2D eigenvalue weighted by Gasteiger charge is 2.07. The van der Waals surface area contributed by atoms with E-state index in [0.717, 1.165) is 33.4 Å². The van der Waals surface area contributed by atoms with Crippen LogP contribution in [-0.2, 0) is 17.9 Å². The van der Waals surface area contributed by atoms with Gasteiger partial charge >= 0.3 is 0 Å². The molecular formula is C20H20N4O2. The number of hydrogen-bond donors (Lipinski definition) is 2. The number of aryl methyl sites for hydroxylation is 1. The summed E-state index contributed by atoms with van der Waals surface area (Å²) in [5.74, 6) is 0.832. The first-order valence-corrected chi connectivity index (χ1v) is 8.55. The largest absolute Gasteiger partial charge is 0.497 e. The maximum absolute atomic E-state index is 12.2. The number of para-hydroxylation sites is 2. The van der Waals surface area contributed by atoms with Gasteiger partial charge in [0.1, 0.15) is 5.75 Å². The Hall–Kier alpha value is -3.28. The molecule has 0 saturated carbocycles. The predicted molar refractivity (Wildman–Crippen MR) is 101 cm³/mol. The maximum atomic E-state index is 12.2. The SMILES string of the molecule is COc1ccc2[nH]c(CNC(=O)CCn3cnc4ccccc43)cc2c1. The van der Waals surface area contributed by atoms with Crippen LogP contribution in [0.2, 0.25) is 0 Å². The van der Waals surface area contributed by atoms with Crippen molar-refractivity contribution in [3.05, 3.63) is 60.6 Å². The van der Waals surface area contributed by atoms with E-state index in [2.05, 4.69) is 15.3 Å². The first-order valence-electron chi connectivity index (χ1n) is 8.55. The number of fused-ring (bicyclic) bond motifs is 2. The fraction of sp³-hybridized carbons (Fsp3) is 0.200. The van der Waals surface area contributed by atoms with Gasteiger partial charge < -0.3 is 19.6 Å². The fourth-order valence-electron chi connectivity index (χ4n) is 3.09. The van der Waals surface area contributed by atoms with Crippen molar-refractivity contribution in [3.8, 4) is 5.75 Å². The Balaban J connectivity index is 1.35. The summed E-state index contributed by atoms with van der Waals surface area (Å²) in [5.41, 5.74) is 3.99. The number of imidazole rings is 1. The van der Waals surface area contributed by atoms with Gasteiger partial charge in [0.2, 0.25) is 5.91 Å². The summed E-state index contributed by atoms with van der Waals surface area (Å²) in [5, 5.41) is 4.03. The summed E-state index contributed by atoms with van der Waals surface area (Å²) in [6.07, 6.45) is 2.19. The molecule has 2 heterocycles. The third kappa shape index (κ3) is 3.26. The maximum Gasteiger partial charge on any atom is 0.222 e. The average Bonchev–Trinajstić information content (AvgIpc) is 3.27. The molecule has 0 fully saturated rings. The third-order valence-electron chi connectivity index (χ3n) is 4.47. The minimum Gasteiger partial charge on any atom is -0.497 e. The van der Waals surface area contributed by atoms with Crippen LogP contribution in [0.1, 0.15) is 12.1 Å². The fourth-order valence-corrected chi connectivity index (χ4v) is 3.09. The van der Waals surface area contributed by atoms with Crippen LogP contribution in [0.5, 0.6) is 5.75 Å². The monoisotopic (exact) mass is 348 g/mol. The van der Waals surface area contributed by atoms with E-state index >= 15 is 0 Å². The van der Waals surface area contributed by atoms with E-state index in [4.69, 9.17) is 4.74 Å². The molecule has 0 bridgehead atoms. The summed E-state index contributed by atoms with van der Waals surface area (Å²) in [7, 11) is 1.65. The molecule has 0 spiro atoms. The lowest BCUT2D eigenvalue weighted by atomic mass is 10.2. The molecule has 2 aromatic carbocycles. The lowest BCUT2D eigenvalue weighted by molar-refractivity contribution is -0.121. The second-order valence-corrected chi connectivity index (χ2v) is 6.20. The van der Waals surface area contributed by atoms with E-state index in [1.54, 1.807) is 13.4 Å². The molecule has 0 aliphatic rings. The van der Waals surface area contributed by atoms with E-state index in [9.17, 15) is 4.79 Å². The number of nitrogens with zero attached hydrogens (tertiary/aromatic N) is 2. The van der Waals surface area contributed by atoms with Gasteiger partial charge in [-0.3, -0.25) is 4.79 Å². The number of aromatic amines is 1. The van der Waals surface area contributed by atoms with Crippen LogP contribution in [0.4, 0.5) is 0 Å². The molecule has 0 unspecified atom stereocenters. The molecule has 2 N–H and O–H groups in total. The Morgan fingerprint density at radius 2 is 2.12 bits per heavy atom. The second kappa shape index (κ2) is 6.92. The summed E-state index contributed by atoms with van der Waals surface area (Å²) in [4.78, 5) is 19.8. The van der Waals surface area contributed by atoms with Crippen molar-refractivity contribution in [2.75, 3.05) is 7.11 Å². The van der Waals surface area contributed by atoms with Gasteiger partial charge in [0, 0.05) is 29.6 Å². The summed E-state index contributed by atoms with van der Waals surface area (Å²) in [6, 6.07) is 15.8. The molecule has 4 rings (SSSR count). The lowest BCUT2D eigenvalue weighted by Gasteiger charge is -2.05. The van der Waals surface area contributed by atoms with E-state index in [1.807, 2.05) is 53.1 Å². The van der Waals surface area contributed by atoms with E-state index < -0.39 is 0 Å². The van der Waals surface area contributed by atoms with Gasteiger partial charge in [-0.1, -0.05) is 12.1 Å². The topological polar surface area (TPSA) is 71.9 Å². The molecule has 6 nitrogen and oxygen atoms in total. The molecule has 132 valence electrons. The molecule has 2 aromatic heterocycles. The van der Waals surface area contributed by atoms with Crippen LogP contribution in [0, 0.1) is 0 Å². The highest BCUT2D eigenvalue weighted by atomic mass is 16.5. The Morgan fingerprint density at radius 1 is 1.23 bits per heavy atom. The number of hydrogen-bond acceptors (Lipinski definition) is 3. The van der Waals surface area contributed by atoms with Crippen molar-refractivity contribution < 1.29 is 9.53 Å². The molecule has 1 amide bonds. The van der Waals surface area contributed by atoms with Gasteiger partial charge in [-0.2, -0.15) is 0 Å². The number of H-pyrrole nitrogens is 1. The van der Waals surface area contributed by atoms with Gasteiger partial charge in [-0.05, 0) is 36.4 Å². The van der Waals surface area contributed by atoms with Crippen molar-refractivity contribution in [2.45, 2.75) is 19.5 Å². The first kappa shape index (κ1) is 16.2.